The number of β-amino-alcohol motifs (C(OH)–C–C–N with tert-alkyl or cyclic N) is 1. The number of hydrogen-bond acceptors (Lipinski definition) is 6. The van der Waals surface area contributed by atoms with Crippen molar-refractivity contribution in [1.82, 2.24) is 4.90 Å². The molecule has 0 fully saturated rings. The molecular weight excluding hydrogens is 298 g/mol. The van der Waals surface area contributed by atoms with Crippen LogP contribution in [-0.4, -0.2) is 48.7 Å². The second-order valence-corrected chi connectivity index (χ2v) is 5.06. The maximum Gasteiger partial charge on any atom is 0.337 e. The average Bonchev–Trinajstić information content (AvgIpc) is 2.85. The van der Waals surface area contributed by atoms with Crippen molar-refractivity contribution >= 4 is 17.6 Å². The maximum atomic E-state index is 12.4. The highest BCUT2D eigenvalue weighted by Crippen LogP contribution is 2.23. The first kappa shape index (κ1) is 16.5. The number of esters is 1. The van der Waals surface area contributed by atoms with Crippen molar-refractivity contribution in [3.63, 3.8) is 0 Å². The molecule has 0 aliphatic carbocycles. The van der Waals surface area contributed by atoms with Crippen LogP contribution in [0, 0.1) is 18.3 Å². The number of nitrogens with one attached hydrogen (secondary N) is 1. The smallest absolute Gasteiger partial charge is 0.337 e. The number of amides is 1. The number of carbonyl (C=O) groups excluding carboxylic acids is 2. The predicted octanol–water partition coefficient (Wildman–Crippen LogP) is 0.540. The molecule has 0 spiro atoms. The maximum absolute atomic E-state index is 12.4. The van der Waals surface area contributed by atoms with Crippen molar-refractivity contribution in [1.29, 1.82) is 5.26 Å². The summed E-state index contributed by atoms with van der Waals surface area (Å²) in [6.07, 6.45) is 0. The third kappa shape index (κ3) is 3.33. The second-order valence-electron chi connectivity index (χ2n) is 5.06. The Hall–Kier alpha value is -2.85. The molecule has 0 aromatic heterocycles. The van der Waals surface area contributed by atoms with E-state index < -0.39 is 11.9 Å². The normalized spacial score (nSPS) is 14.0. The van der Waals surface area contributed by atoms with Gasteiger partial charge in [0.25, 0.3) is 5.91 Å². The molecule has 23 heavy (non-hydrogen) atoms. The zero-order chi connectivity index (χ0) is 17.0. The third-order valence-electron chi connectivity index (χ3n) is 3.58. The SMILES string of the molecule is COC(=O)C1=C(Nc2ccc(C)c(C#N)c2)C(=O)N(CCO)C1. The largest absolute Gasteiger partial charge is 0.466 e. The molecule has 7 nitrogen and oxygen atoms in total. The van der Waals surface area contributed by atoms with E-state index in [9.17, 15) is 9.59 Å². The van der Waals surface area contributed by atoms with Gasteiger partial charge in [-0.25, -0.2) is 4.79 Å². The van der Waals surface area contributed by atoms with Crippen molar-refractivity contribution in [3.05, 3.63) is 40.6 Å². The van der Waals surface area contributed by atoms with Gasteiger partial charge in [-0.05, 0) is 24.6 Å². The standard InChI is InChI=1S/C16H17N3O4/c1-10-3-4-12(7-11(10)8-17)18-14-13(16(22)23-2)9-19(5-6-20)15(14)21/h3-4,7,18,20H,5-6,9H2,1-2H3. The molecule has 2 N–H and O–H groups in total. The van der Waals surface area contributed by atoms with Crippen LogP contribution in [0.15, 0.2) is 29.5 Å². The first-order chi connectivity index (χ1) is 11.0. The highest BCUT2D eigenvalue weighted by atomic mass is 16.5. The van der Waals surface area contributed by atoms with Crippen molar-refractivity contribution < 1.29 is 19.4 Å². The van der Waals surface area contributed by atoms with E-state index in [1.165, 1.54) is 12.0 Å². The Labute approximate surface area is 133 Å². The molecule has 1 aliphatic rings. The van der Waals surface area contributed by atoms with Crippen LogP contribution in [-0.2, 0) is 14.3 Å². The number of methoxy groups -OCH3 is 1. The van der Waals surface area contributed by atoms with E-state index in [-0.39, 0.29) is 31.0 Å². The highest BCUT2D eigenvalue weighted by Gasteiger charge is 2.34. The second kappa shape index (κ2) is 6.94. The molecule has 0 bridgehead atoms. The molecule has 1 aromatic rings. The monoisotopic (exact) mass is 315 g/mol. The summed E-state index contributed by atoms with van der Waals surface area (Å²) in [6, 6.07) is 7.16. The fourth-order valence-corrected chi connectivity index (χ4v) is 2.31. The van der Waals surface area contributed by atoms with E-state index in [0.29, 0.717) is 11.3 Å². The van der Waals surface area contributed by atoms with Crippen LogP contribution < -0.4 is 5.32 Å². The summed E-state index contributed by atoms with van der Waals surface area (Å²) in [5.74, 6) is -0.993. The van der Waals surface area contributed by atoms with Gasteiger partial charge in [0.05, 0.1) is 37.5 Å². The molecule has 7 heteroatoms. The van der Waals surface area contributed by atoms with Gasteiger partial charge in [-0.1, -0.05) is 6.07 Å². The van der Waals surface area contributed by atoms with Gasteiger partial charge in [0.1, 0.15) is 5.70 Å². The Kier molecular flexibility index (Phi) is 4.98. The lowest BCUT2D eigenvalue weighted by molar-refractivity contribution is -0.136. The van der Waals surface area contributed by atoms with Crippen LogP contribution >= 0.6 is 0 Å². The summed E-state index contributed by atoms with van der Waals surface area (Å²) in [6.45, 7) is 1.81. The Balaban J connectivity index is 2.35. The van der Waals surface area contributed by atoms with Crippen LogP contribution in [0.4, 0.5) is 5.69 Å². The molecule has 1 aromatic carbocycles. The van der Waals surface area contributed by atoms with Gasteiger partial charge in [-0.2, -0.15) is 5.26 Å². The van der Waals surface area contributed by atoms with E-state index in [1.807, 2.05) is 6.92 Å². The lowest BCUT2D eigenvalue weighted by atomic mass is 10.1. The minimum atomic E-state index is -0.603. The summed E-state index contributed by atoms with van der Waals surface area (Å²) < 4.78 is 4.71. The molecular formula is C16H17N3O4. The lowest BCUT2D eigenvalue weighted by Crippen LogP contribution is -2.31. The molecule has 1 aliphatic heterocycles. The fourth-order valence-electron chi connectivity index (χ4n) is 2.31. The average molecular weight is 315 g/mol. The van der Waals surface area contributed by atoms with E-state index in [0.717, 1.165) is 5.56 Å². The molecule has 0 radical (unpaired) electrons. The molecule has 1 heterocycles. The number of aliphatic hydroxyl groups excluding tert-OH is 1. The highest BCUT2D eigenvalue weighted by molar-refractivity contribution is 6.08. The Morgan fingerprint density at radius 2 is 2.26 bits per heavy atom. The number of anilines is 1. The summed E-state index contributed by atoms with van der Waals surface area (Å²) >= 11 is 0. The van der Waals surface area contributed by atoms with Gasteiger partial charge >= 0.3 is 5.97 Å². The first-order valence-electron chi connectivity index (χ1n) is 7.01. The van der Waals surface area contributed by atoms with Gasteiger partial charge in [-0.15, -0.1) is 0 Å². The number of ether oxygens (including phenoxy) is 1. The molecule has 120 valence electrons. The lowest BCUT2D eigenvalue weighted by Gasteiger charge is -2.15. The quantitative estimate of drug-likeness (QED) is 0.769. The van der Waals surface area contributed by atoms with Gasteiger partial charge in [0.15, 0.2) is 0 Å². The van der Waals surface area contributed by atoms with Gasteiger partial charge in [0, 0.05) is 12.2 Å². The third-order valence-corrected chi connectivity index (χ3v) is 3.58. The number of benzene rings is 1. The molecule has 0 atom stereocenters. The number of nitrogens with zero attached hydrogens (tertiary/aromatic N) is 2. The van der Waals surface area contributed by atoms with Gasteiger partial charge in [-0.3, -0.25) is 4.79 Å². The van der Waals surface area contributed by atoms with Gasteiger partial charge in [0.2, 0.25) is 0 Å². The van der Waals surface area contributed by atoms with E-state index in [2.05, 4.69) is 11.4 Å². The van der Waals surface area contributed by atoms with E-state index in [4.69, 9.17) is 15.1 Å². The van der Waals surface area contributed by atoms with Crippen molar-refractivity contribution in [2.45, 2.75) is 6.92 Å². The Morgan fingerprint density at radius 3 is 2.87 bits per heavy atom. The molecule has 0 unspecified atom stereocenters. The van der Waals surface area contributed by atoms with Crippen molar-refractivity contribution in [3.8, 4) is 6.07 Å². The number of rotatable bonds is 5. The Bertz CT molecular complexity index is 719. The minimum absolute atomic E-state index is 0.0748. The summed E-state index contributed by atoms with van der Waals surface area (Å²) in [4.78, 5) is 25.6. The summed E-state index contributed by atoms with van der Waals surface area (Å²) in [5, 5.41) is 21.0. The number of aliphatic hydroxyl groups is 1. The first-order valence-corrected chi connectivity index (χ1v) is 7.01. The zero-order valence-electron chi connectivity index (χ0n) is 12.9. The van der Waals surface area contributed by atoms with Crippen LogP contribution in [0.5, 0.6) is 0 Å². The van der Waals surface area contributed by atoms with Crippen molar-refractivity contribution in [2.75, 3.05) is 32.1 Å². The molecule has 1 amide bonds. The molecule has 0 saturated carbocycles. The minimum Gasteiger partial charge on any atom is -0.466 e. The Morgan fingerprint density at radius 1 is 1.52 bits per heavy atom. The van der Waals surface area contributed by atoms with E-state index >= 15 is 0 Å². The number of hydrogen-bond donors (Lipinski definition) is 2. The fraction of sp³-hybridized carbons (Fsp3) is 0.312. The van der Waals surface area contributed by atoms with Gasteiger partial charge < -0.3 is 20.1 Å². The van der Waals surface area contributed by atoms with Crippen LogP contribution in [0.25, 0.3) is 0 Å². The number of aryl methyl sites for hydroxylation is 1. The van der Waals surface area contributed by atoms with Crippen LogP contribution in [0.3, 0.4) is 0 Å². The summed E-state index contributed by atoms with van der Waals surface area (Å²) in [5.41, 5.74) is 2.14. The summed E-state index contributed by atoms with van der Waals surface area (Å²) in [7, 11) is 1.24. The number of carbonyl (C=O) groups is 2. The zero-order valence-corrected chi connectivity index (χ0v) is 12.9. The van der Waals surface area contributed by atoms with Crippen LogP contribution in [0.2, 0.25) is 0 Å². The van der Waals surface area contributed by atoms with E-state index in [1.54, 1.807) is 18.2 Å². The van der Waals surface area contributed by atoms with Crippen LogP contribution in [0.1, 0.15) is 11.1 Å². The topological polar surface area (TPSA) is 103 Å². The van der Waals surface area contributed by atoms with Crippen molar-refractivity contribution in [2.24, 2.45) is 0 Å². The molecule has 0 saturated heterocycles. The number of nitriles is 1. The predicted molar refractivity (Wildman–Crippen MR) is 82.2 cm³/mol. The molecule has 2 rings (SSSR count).